The molecule has 1 unspecified atom stereocenters. The van der Waals surface area contributed by atoms with Gasteiger partial charge in [-0.05, 0) is 32.4 Å². The van der Waals surface area contributed by atoms with E-state index in [2.05, 4.69) is 15.6 Å². The van der Waals surface area contributed by atoms with Gasteiger partial charge in [0, 0.05) is 26.2 Å². The first-order valence-corrected chi connectivity index (χ1v) is 11.0. The number of para-hydroxylation sites is 1. The summed E-state index contributed by atoms with van der Waals surface area (Å²) in [5, 5.41) is 6.29. The highest BCUT2D eigenvalue weighted by molar-refractivity contribution is 7.88. The number of nitrogens with zero attached hydrogens (tertiary/aromatic N) is 2. The van der Waals surface area contributed by atoms with Crippen LogP contribution in [0.2, 0.25) is 0 Å². The molecular weight excluding hydrogens is 371 g/mol. The average molecular weight is 403 g/mol. The first-order chi connectivity index (χ1) is 12.8. The second kappa shape index (κ2) is 11.8. The Morgan fingerprint density at radius 1 is 1.30 bits per heavy atom. The third kappa shape index (κ3) is 9.05. The fourth-order valence-electron chi connectivity index (χ4n) is 2.38. The minimum atomic E-state index is -3.17. The van der Waals surface area contributed by atoms with E-state index in [1.54, 1.807) is 18.2 Å². The van der Waals surface area contributed by atoms with E-state index >= 15 is 0 Å². The van der Waals surface area contributed by atoms with Crippen molar-refractivity contribution in [1.82, 2.24) is 14.9 Å². The van der Waals surface area contributed by atoms with E-state index in [9.17, 15) is 12.8 Å². The van der Waals surface area contributed by atoms with Crippen LogP contribution in [0.4, 0.5) is 4.39 Å². The summed E-state index contributed by atoms with van der Waals surface area (Å²) >= 11 is 0. The van der Waals surface area contributed by atoms with Gasteiger partial charge in [-0.15, -0.1) is 0 Å². The van der Waals surface area contributed by atoms with E-state index in [4.69, 9.17) is 4.74 Å². The smallest absolute Gasteiger partial charge is 0.211 e. The Morgan fingerprint density at radius 3 is 2.59 bits per heavy atom. The highest BCUT2D eigenvalue weighted by atomic mass is 32.2. The van der Waals surface area contributed by atoms with Crippen LogP contribution in [-0.2, 0) is 10.0 Å². The molecule has 9 heteroatoms. The summed E-state index contributed by atoms with van der Waals surface area (Å²) in [6, 6.07) is 6.27. The summed E-state index contributed by atoms with van der Waals surface area (Å²) in [6.07, 6.45) is 1.58. The van der Waals surface area contributed by atoms with Crippen LogP contribution in [0.5, 0.6) is 5.75 Å². The van der Waals surface area contributed by atoms with Crippen LogP contribution in [0.3, 0.4) is 0 Å². The van der Waals surface area contributed by atoms with Crippen LogP contribution in [0, 0.1) is 5.82 Å². The highest BCUT2D eigenvalue weighted by Crippen LogP contribution is 2.16. The van der Waals surface area contributed by atoms with Crippen molar-refractivity contribution in [2.24, 2.45) is 4.99 Å². The fraction of sp³-hybridized carbons (Fsp3) is 0.611. The molecule has 1 aromatic rings. The van der Waals surface area contributed by atoms with Gasteiger partial charge in [-0.1, -0.05) is 19.1 Å². The molecular formula is C18H31FN4O3S. The van der Waals surface area contributed by atoms with Crippen LogP contribution in [0.15, 0.2) is 29.3 Å². The number of nitrogens with one attached hydrogen (secondary N) is 2. The minimum Gasteiger partial charge on any atom is -0.486 e. The standard InChI is InChI=1S/C18H31FN4O3S/c1-5-20-18(21-12-9-13-23(6-2)27(4,24)25)22-14-15(3)26-17-11-8-7-10-16(17)19/h7-8,10-11,15H,5-6,9,12-14H2,1-4H3,(H2,20,21,22). The van der Waals surface area contributed by atoms with E-state index in [0.29, 0.717) is 45.1 Å². The molecule has 0 spiro atoms. The Kier molecular flexibility index (Phi) is 10.1. The maximum absolute atomic E-state index is 13.6. The first-order valence-electron chi connectivity index (χ1n) is 9.16. The van der Waals surface area contributed by atoms with Crippen molar-refractivity contribution < 1.29 is 17.5 Å². The van der Waals surface area contributed by atoms with Crippen molar-refractivity contribution in [3.05, 3.63) is 30.1 Å². The average Bonchev–Trinajstić information content (AvgIpc) is 2.60. The quantitative estimate of drug-likeness (QED) is 0.335. The Balaban J connectivity index is 2.48. The van der Waals surface area contributed by atoms with Gasteiger partial charge in [0.25, 0.3) is 0 Å². The van der Waals surface area contributed by atoms with Crippen molar-refractivity contribution in [3.8, 4) is 5.75 Å². The number of rotatable bonds is 11. The van der Waals surface area contributed by atoms with Crippen molar-refractivity contribution in [3.63, 3.8) is 0 Å². The zero-order valence-corrected chi connectivity index (χ0v) is 17.4. The first kappa shape index (κ1) is 23.2. The minimum absolute atomic E-state index is 0.207. The second-order valence-corrected chi connectivity index (χ2v) is 8.10. The van der Waals surface area contributed by atoms with E-state index in [-0.39, 0.29) is 11.9 Å². The molecule has 1 atom stereocenters. The number of aliphatic imine (C=N–C) groups is 1. The molecule has 0 saturated heterocycles. The lowest BCUT2D eigenvalue weighted by Crippen LogP contribution is -2.40. The Morgan fingerprint density at radius 2 is 2.00 bits per heavy atom. The fourth-order valence-corrected chi connectivity index (χ4v) is 3.31. The van der Waals surface area contributed by atoms with Gasteiger partial charge in [-0.2, -0.15) is 0 Å². The molecule has 0 saturated carbocycles. The van der Waals surface area contributed by atoms with E-state index in [1.165, 1.54) is 16.6 Å². The molecule has 0 amide bonds. The van der Waals surface area contributed by atoms with E-state index < -0.39 is 15.8 Å². The molecule has 0 aromatic heterocycles. The summed E-state index contributed by atoms with van der Waals surface area (Å²) in [5.41, 5.74) is 0. The molecule has 0 fully saturated rings. The lowest BCUT2D eigenvalue weighted by molar-refractivity contribution is 0.220. The second-order valence-electron chi connectivity index (χ2n) is 6.11. The summed E-state index contributed by atoms with van der Waals surface area (Å²) in [5.74, 6) is 0.423. The molecule has 7 nitrogen and oxygen atoms in total. The Labute approximate surface area is 162 Å². The Hall–Kier alpha value is -1.87. The molecule has 27 heavy (non-hydrogen) atoms. The lowest BCUT2D eigenvalue weighted by atomic mass is 10.3. The molecule has 0 bridgehead atoms. The summed E-state index contributed by atoms with van der Waals surface area (Å²) < 4.78 is 43.8. The predicted molar refractivity (Wildman–Crippen MR) is 107 cm³/mol. The normalized spacial score (nSPS) is 13.5. The number of halogens is 1. The molecule has 2 N–H and O–H groups in total. The SMILES string of the molecule is CCNC(=NCC(C)Oc1ccccc1F)NCCCN(CC)S(C)(=O)=O. The van der Waals surface area contributed by atoms with Crippen molar-refractivity contribution in [2.45, 2.75) is 33.3 Å². The Bertz CT molecular complexity index is 698. The zero-order valence-electron chi connectivity index (χ0n) is 16.5. The van der Waals surface area contributed by atoms with Gasteiger partial charge >= 0.3 is 0 Å². The highest BCUT2D eigenvalue weighted by Gasteiger charge is 2.13. The van der Waals surface area contributed by atoms with Crippen molar-refractivity contribution >= 4 is 16.0 Å². The van der Waals surface area contributed by atoms with Gasteiger partial charge < -0.3 is 15.4 Å². The monoisotopic (exact) mass is 402 g/mol. The molecule has 1 aromatic carbocycles. The molecule has 0 aliphatic heterocycles. The number of benzene rings is 1. The lowest BCUT2D eigenvalue weighted by Gasteiger charge is -2.18. The van der Waals surface area contributed by atoms with Gasteiger partial charge in [-0.25, -0.2) is 22.1 Å². The maximum atomic E-state index is 13.6. The van der Waals surface area contributed by atoms with Gasteiger partial charge in [0.2, 0.25) is 10.0 Å². The summed E-state index contributed by atoms with van der Waals surface area (Å²) in [4.78, 5) is 4.44. The molecule has 0 heterocycles. The maximum Gasteiger partial charge on any atom is 0.211 e. The van der Waals surface area contributed by atoms with Crippen LogP contribution in [0.25, 0.3) is 0 Å². The third-order valence-corrected chi connectivity index (χ3v) is 5.09. The van der Waals surface area contributed by atoms with Gasteiger partial charge in [0.05, 0.1) is 12.8 Å². The van der Waals surface area contributed by atoms with Gasteiger partial charge in [0.1, 0.15) is 6.10 Å². The van der Waals surface area contributed by atoms with Gasteiger partial charge in [0.15, 0.2) is 17.5 Å². The van der Waals surface area contributed by atoms with Crippen LogP contribution >= 0.6 is 0 Å². The van der Waals surface area contributed by atoms with Crippen LogP contribution < -0.4 is 15.4 Å². The molecule has 0 aliphatic rings. The predicted octanol–water partition coefficient (Wildman–Crippen LogP) is 1.82. The number of hydrogen-bond donors (Lipinski definition) is 2. The molecule has 0 radical (unpaired) electrons. The molecule has 1 rings (SSSR count). The van der Waals surface area contributed by atoms with Gasteiger partial charge in [-0.3, -0.25) is 0 Å². The molecule has 0 aliphatic carbocycles. The topological polar surface area (TPSA) is 83.0 Å². The number of guanidine groups is 1. The largest absolute Gasteiger partial charge is 0.486 e. The van der Waals surface area contributed by atoms with Crippen LogP contribution in [0.1, 0.15) is 27.2 Å². The number of ether oxygens (including phenoxy) is 1. The number of hydrogen-bond acceptors (Lipinski definition) is 4. The van der Waals surface area contributed by atoms with E-state index in [0.717, 1.165) is 0 Å². The number of sulfonamides is 1. The zero-order chi connectivity index (χ0) is 20.3. The summed E-state index contributed by atoms with van der Waals surface area (Å²) in [6.45, 7) is 8.14. The van der Waals surface area contributed by atoms with Crippen LogP contribution in [-0.4, -0.2) is 63.8 Å². The summed E-state index contributed by atoms with van der Waals surface area (Å²) in [7, 11) is -3.17. The third-order valence-electron chi connectivity index (χ3n) is 3.71. The van der Waals surface area contributed by atoms with Crippen molar-refractivity contribution in [1.29, 1.82) is 0 Å². The van der Waals surface area contributed by atoms with E-state index in [1.807, 2.05) is 20.8 Å². The van der Waals surface area contributed by atoms with Crippen molar-refractivity contribution in [2.75, 3.05) is 39.0 Å². The molecule has 154 valence electrons.